The molecular weight excluding hydrogens is 422 g/mol. The Morgan fingerprint density at radius 1 is 0.967 bits per heavy atom. The van der Waals surface area contributed by atoms with E-state index in [1.165, 1.54) is 12.1 Å². The second-order valence-electron chi connectivity index (χ2n) is 7.89. The second kappa shape index (κ2) is 8.89. The predicted molar refractivity (Wildman–Crippen MR) is 116 cm³/mol. The fourth-order valence-electron chi connectivity index (χ4n) is 3.66. The number of rotatable bonds is 7. The molecule has 6 nitrogen and oxygen atoms in total. The lowest BCUT2D eigenvalue weighted by atomic mass is 10.1. The van der Waals surface area contributed by atoms with Gasteiger partial charge in [-0.15, -0.1) is 0 Å². The van der Waals surface area contributed by atoms with Crippen LogP contribution in [0.5, 0.6) is 0 Å². The summed E-state index contributed by atoms with van der Waals surface area (Å²) in [5.74, 6) is -0.228. The van der Waals surface area contributed by atoms with Crippen LogP contribution in [0, 0.1) is 0 Å². The highest BCUT2D eigenvalue weighted by Crippen LogP contribution is 2.23. The molecule has 0 saturated carbocycles. The van der Waals surface area contributed by atoms with Crippen LogP contribution in [0.4, 0.5) is 0 Å². The van der Waals surface area contributed by atoms with Crippen LogP contribution in [-0.4, -0.2) is 51.2 Å². The maximum Gasteiger partial charge on any atom is 0.227 e. The van der Waals surface area contributed by atoms with E-state index >= 15 is 0 Å². The zero-order valence-electron chi connectivity index (χ0n) is 17.2. The van der Waals surface area contributed by atoms with Crippen LogP contribution >= 0.6 is 0 Å². The zero-order valence-corrected chi connectivity index (χ0v) is 18.8. The van der Waals surface area contributed by atoms with Gasteiger partial charge in [-0.2, -0.15) is 0 Å². The second-order valence-corrected chi connectivity index (χ2v) is 12.4. The summed E-state index contributed by atoms with van der Waals surface area (Å²) in [6.07, 6.45) is 1.54. The third kappa shape index (κ3) is 4.92. The van der Waals surface area contributed by atoms with Crippen molar-refractivity contribution in [3.05, 3.63) is 60.2 Å². The molecule has 1 saturated heterocycles. The molecular formula is C22H27NO5S2. The number of likely N-dealkylation sites (tertiary alicyclic amines) is 1. The predicted octanol–water partition coefficient (Wildman–Crippen LogP) is 2.88. The average Bonchev–Trinajstić information content (AvgIpc) is 3.16. The molecule has 1 amide bonds. The molecule has 1 aliphatic rings. The van der Waals surface area contributed by atoms with Crippen molar-refractivity contribution in [2.75, 3.05) is 12.3 Å². The lowest BCUT2D eigenvalue weighted by Crippen LogP contribution is -2.40. The average molecular weight is 450 g/mol. The molecule has 0 aliphatic carbocycles. The number of carbonyl (C=O) groups is 1. The van der Waals surface area contributed by atoms with E-state index in [0.29, 0.717) is 18.5 Å². The minimum atomic E-state index is -3.47. The van der Waals surface area contributed by atoms with E-state index in [9.17, 15) is 21.6 Å². The molecule has 162 valence electrons. The number of nitrogens with zero attached hydrogens (tertiary/aromatic N) is 1. The van der Waals surface area contributed by atoms with Gasteiger partial charge in [0.25, 0.3) is 0 Å². The first-order valence-electron chi connectivity index (χ1n) is 10.0. The van der Waals surface area contributed by atoms with E-state index in [1.807, 2.05) is 0 Å². The molecule has 30 heavy (non-hydrogen) atoms. The third-order valence-corrected chi connectivity index (χ3v) is 9.42. The molecule has 2 aromatic carbocycles. The summed E-state index contributed by atoms with van der Waals surface area (Å²) >= 11 is 0. The van der Waals surface area contributed by atoms with Crippen LogP contribution in [0.1, 0.15) is 32.3 Å². The Morgan fingerprint density at radius 2 is 1.60 bits per heavy atom. The van der Waals surface area contributed by atoms with Gasteiger partial charge in [0.05, 0.1) is 27.2 Å². The van der Waals surface area contributed by atoms with E-state index < -0.39 is 24.9 Å². The molecule has 0 N–H and O–H groups in total. The third-order valence-electron chi connectivity index (χ3n) is 5.44. The molecule has 1 heterocycles. The molecule has 1 fully saturated rings. The van der Waals surface area contributed by atoms with Crippen molar-refractivity contribution in [1.82, 2.24) is 4.90 Å². The summed E-state index contributed by atoms with van der Waals surface area (Å²) in [5.41, 5.74) is 0.708. The van der Waals surface area contributed by atoms with Gasteiger partial charge in [0.15, 0.2) is 19.7 Å². The van der Waals surface area contributed by atoms with E-state index in [2.05, 4.69) is 0 Å². The SMILES string of the molecule is CC(C)S(=O)(=O)c1ccc(CC(=O)N2CCCC2CS(=O)(=O)c2ccccc2)cc1. The zero-order chi connectivity index (χ0) is 21.9. The van der Waals surface area contributed by atoms with Gasteiger partial charge >= 0.3 is 0 Å². The van der Waals surface area contributed by atoms with Crippen molar-refractivity contribution in [3.8, 4) is 0 Å². The minimum absolute atomic E-state index is 0.0890. The van der Waals surface area contributed by atoms with Gasteiger partial charge in [0.2, 0.25) is 5.91 Å². The van der Waals surface area contributed by atoms with Crippen LogP contribution in [0.2, 0.25) is 0 Å². The maximum absolute atomic E-state index is 12.9. The fourth-order valence-corrected chi connectivity index (χ4v) is 6.34. The number of carbonyl (C=O) groups excluding carboxylic acids is 1. The van der Waals surface area contributed by atoms with Crippen LogP contribution < -0.4 is 0 Å². The lowest BCUT2D eigenvalue weighted by Gasteiger charge is -2.25. The number of hydrogen-bond acceptors (Lipinski definition) is 5. The molecule has 1 unspecified atom stereocenters. The maximum atomic E-state index is 12.9. The smallest absolute Gasteiger partial charge is 0.227 e. The molecule has 0 bridgehead atoms. The van der Waals surface area contributed by atoms with Gasteiger partial charge in [-0.1, -0.05) is 30.3 Å². The normalized spacial score (nSPS) is 17.4. The Bertz CT molecular complexity index is 1090. The summed E-state index contributed by atoms with van der Waals surface area (Å²) in [6, 6.07) is 14.3. The highest BCUT2D eigenvalue weighted by atomic mass is 32.2. The van der Waals surface area contributed by atoms with Gasteiger partial charge in [0.1, 0.15) is 0 Å². The summed E-state index contributed by atoms with van der Waals surface area (Å²) in [7, 11) is -6.83. The summed E-state index contributed by atoms with van der Waals surface area (Å²) in [5, 5.41) is -0.512. The Kier molecular flexibility index (Phi) is 6.67. The van der Waals surface area contributed by atoms with Gasteiger partial charge < -0.3 is 4.90 Å². The molecule has 0 radical (unpaired) electrons. The van der Waals surface area contributed by atoms with Gasteiger partial charge in [-0.3, -0.25) is 4.79 Å². The largest absolute Gasteiger partial charge is 0.338 e. The van der Waals surface area contributed by atoms with Gasteiger partial charge in [0, 0.05) is 12.6 Å². The number of benzene rings is 2. The van der Waals surface area contributed by atoms with Crippen LogP contribution in [0.3, 0.4) is 0 Å². The van der Waals surface area contributed by atoms with Crippen molar-refractivity contribution in [3.63, 3.8) is 0 Å². The van der Waals surface area contributed by atoms with Crippen molar-refractivity contribution in [2.24, 2.45) is 0 Å². The van der Waals surface area contributed by atoms with Crippen molar-refractivity contribution in [1.29, 1.82) is 0 Å². The monoisotopic (exact) mass is 449 g/mol. The first-order valence-corrected chi connectivity index (χ1v) is 13.2. The fraction of sp³-hybridized carbons (Fsp3) is 0.409. The van der Waals surface area contributed by atoms with Gasteiger partial charge in [-0.25, -0.2) is 16.8 Å². The first kappa shape index (κ1) is 22.5. The molecule has 1 aliphatic heterocycles. The first-order chi connectivity index (χ1) is 14.1. The van der Waals surface area contributed by atoms with Crippen LogP contribution in [0.15, 0.2) is 64.4 Å². The quantitative estimate of drug-likeness (QED) is 0.649. The molecule has 1 atom stereocenters. The van der Waals surface area contributed by atoms with Gasteiger partial charge in [-0.05, 0) is 56.5 Å². The van der Waals surface area contributed by atoms with E-state index in [1.54, 1.807) is 61.2 Å². The Balaban J connectivity index is 1.69. The van der Waals surface area contributed by atoms with Crippen molar-refractivity contribution >= 4 is 25.6 Å². The molecule has 8 heteroatoms. The Labute approximate surface area is 178 Å². The van der Waals surface area contributed by atoms with Crippen LogP contribution in [-0.2, 0) is 30.9 Å². The summed E-state index contributed by atoms with van der Waals surface area (Å²) in [4.78, 5) is 15.0. The van der Waals surface area contributed by atoms with E-state index in [-0.39, 0.29) is 33.9 Å². The number of sulfone groups is 2. The summed E-state index contributed by atoms with van der Waals surface area (Å²) < 4.78 is 49.9. The highest BCUT2D eigenvalue weighted by molar-refractivity contribution is 7.92. The van der Waals surface area contributed by atoms with E-state index in [0.717, 1.165) is 6.42 Å². The molecule has 2 aromatic rings. The summed E-state index contributed by atoms with van der Waals surface area (Å²) in [6.45, 7) is 3.79. The Hall–Kier alpha value is -2.19. The molecule has 0 spiro atoms. The van der Waals surface area contributed by atoms with E-state index in [4.69, 9.17) is 0 Å². The Morgan fingerprint density at radius 3 is 2.20 bits per heavy atom. The number of amides is 1. The highest BCUT2D eigenvalue weighted by Gasteiger charge is 2.33. The molecule has 3 rings (SSSR count). The topological polar surface area (TPSA) is 88.6 Å². The lowest BCUT2D eigenvalue weighted by molar-refractivity contribution is -0.130. The number of hydrogen-bond donors (Lipinski definition) is 0. The van der Waals surface area contributed by atoms with Crippen molar-refractivity contribution in [2.45, 2.75) is 54.2 Å². The standard InChI is InChI=1S/C22H27NO5S2/c1-17(2)30(27,28)21-12-10-18(11-13-21)15-22(24)23-14-6-7-19(23)16-29(25,26)20-8-4-3-5-9-20/h3-5,8-13,17,19H,6-7,14-16H2,1-2H3. The molecule has 0 aromatic heterocycles. The minimum Gasteiger partial charge on any atom is -0.338 e. The van der Waals surface area contributed by atoms with Crippen molar-refractivity contribution < 1.29 is 21.6 Å². The van der Waals surface area contributed by atoms with Crippen LogP contribution in [0.25, 0.3) is 0 Å².